The number of methoxy groups -OCH3 is 1. The summed E-state index contributed by atoms with van der Waals surface area (Å²) in [5.74, 6) is 2.31. The van der Waals surface area contributed by atoms with Gasteiger partial charge in [0.25, 0.3) is 0 Å². The maximum Gasteiger partial charge on any atom is 0.130 e. The summed E-state index contributed by atoms with van der Waals surface area (Å²) in [7, 11) is 1.70. The van der Waals surface area contributed by atoms with Crippen molar-refractivity contribution in [2.24, 2.45) is 0 Å². The second-order valence-corrected chi connectivity index (χ2v) is 7.46. The van der Waals surface area contributed by atoms with Crippen LogP contribution in [0.2, 0.25) is 0 Å². The molecule has 0 unspecified atom stereocenters. The van der Waals surface area contributed by atoms with E-state index in [2.05, 4.69) is 38.9 Å². The van der Waals surface area contributed by atoms with Gasteiger partial charge in [0.05, 0.1) is 31.5 Å². The largest absolute Gasteiger partial charge is 0.496 e. The molecule has 2 N–H and O–H groups in total. The quantitative estimate of drug-likeness (QED) is 0.408. The van der Waals surface area contributed by atoms with Crippen molar-refractivity contribution in [3.05, 3.63) is 66.1 Å². The Morgan fingerprint density at radius 2 is 1.94 bits per heavy atom. The summed E-state index contributed by atoms with van der Waals surface area (Å²) >= 11 is 0. The van der Waals surface area contributed by atoms with E-state index in [1.54, 1.807) is 13.4 Å². The van der Waals surface area contributed by atoms with Gasteiger partial charge in [-0.2, -0.15) is 0 Å². The predicted octanol–water partition coefficient (Wildman–Crippen LogP) is 4.42. The van der Waals surface area contributed by atoms with Crippen LogP contribution in [0.1, 0.15) is 18.2 Å². The van der Waals surface area contributed by atoms with Gasteiger partial charge in [0.2, 0.25) is 0 Å². The van der Waals surface area contributed by atoms with Crippen LogP contribution in [-0.2, 0) is 13.2 Å². The van der Waals surface area contributed by atoms with E-state index in [1.807, 2.05) is 43.3 Å². The summed E-state index contributed by atoms with van der Waals surface area (Å²) in [6, 6.07) is 15.9. The number of ether oxygens (including phenoxy) is 2. The number of benzene rings is 2. The van der Waals surface area contributed by atoms with Gasteiger partial charge < -0.3 is 24.5 Å². The maximum absolute atomic E-state index is 9.52. The van der Waals surface area contributed by atoms with Gasteiger partial charge in [-0.25, -0.2) is 9.97 Å². The van der Waals surface area contributed by atoms with Crippen LogP contribution < -0.4 is 14.8 Å². The molecular formula is C25H28N4O3. The second-order valence-electron chi connectivity index (χ2n) is 7.46. The fraction of sp³-hybridized carbons (Fsp3) is 0.280. The topological polar surface area (TPSA) is 81.4 Å². The zero-order valence-corrected chi connectivity index (χ0v) is 18.6. The molecule has 4 aromatic rings. The number of nitrogens with zero attached hydrogens (tertiary/aromatic N) is 3. The Morgan fingerprint density at radius 3 is 2.72 bits per heavy atom. The molecule has 0 saturated heterocycles. The number of anilines is 1. The number of aryl methyl sites for hydroxylation is 1. The van der Waals surface area contributed by atoms with Gasteiger partial charge in [0.15, 0.2) is 0 Å². The molecule has 0 saturated carbocycles. The molecule has 7 nitrogen and oxygen atoms in total. The summed E-state index contributed by atoms with van der Waals surface area (Å²) in [6.07, 6.45) is 1.55. The third-order valence-corrected chi connectivity index (χ3v) is 5.47. The molecule has 7 heteroatoms. The van der Waals surface area contributed by atoms with Crippen molar-refractivity contribution in [2.75, 3.05) is 25.6 Å². The molecule has 4 rings (SSSR count). The van der Waals surface area contributed by atoms with Crippen LogP contribution in [0.25, 0.3) is 22.2 Å². The molecule has 0 aliphatic heterocycles. The average Bonchev–Trinajstić information content (AvgIpc) is 3.14. The average molecular weight is 433 g/mol. The summed E-state index contributed by atoms with van der Waals surface area (Å²) in [4.78, 5) is 8.78. The molecule has 0 radical (unpaired) electrons. The smallest absolute Gasteiger partial charge is 0.130 e. The summed E-state index contributed by atoms with van der Waals surface area (Å²) in [5.41, 5.74) is 4.80. The first-order valence-electron chi connectivity index (χ1n) is 10.7. The molecule has 2 aromatic carbocycles. The molecule has 2 aromatic heterocycles. The Labute approximate surface area is 187 Å². The molecule has 0 fully saturated rings. The van der Waals surface area contributed by atoms with Crippen LogP contribution >= 0.6 is 0 Å². The monoisotopic (exact) mass is 432 g/mol. The van der Waals surface area contributed by atoms with Crippen LogP contribution in [0.15, 0.2) is 54.9 Å². The lowest BCUT2D eigenvalue weighted by Gasteiger charge is -2.12. The van der Waals surface area contributed by atoms with Crippen molar-refractivity contribution >= 4 is 16.7 Å². The zero-order chi connectivity index (χ0) is 22.5. The van der Waals surface area contributed by atoms with Gasteiger partial charge in [0, 0.05) is 41.4 Å². The van der Waals surface area contributed by atoms with Crippen molar-refractivity contribution in [1.29, 1.82) is 0 Å². The minimum atomic E-state index is -0.0639. The molecule has 0 aliphatic rings. The van der Waals surface area contributed by atoms with Gasteiger partial charge in [-0.15, -0.1) is 0 Å². The van der Waals surface area contributed by atoms with Crippen molar-refractivity contribution in [2.45, 2.75) is 27.0 Å². The summed E-state index contributed by atoms with van der Waals surface area (Å²) in [6.45, 7) is 6.01. The highest BCUT2D eigenvalue weighted by atomic mass is 16.5. The van der Waals surface area contributed by atoms with Crippen LogP contribution in [0.4, 0.5) is 5.82 Å². The maximum atomic E-state index is 9.52. The highest BCUT2D eigenvalue weighted by Crippen LogP contribution is 2.29. The van der Waals surface area contributed by atoms with E-state index in [9.17, 15) is 5.11 Å². The van der Waals surface area contributed by atoms with Crippen molar-refractivity contribution in [3.63, 3.8) is 0 Å². The number of fused-ring (bicyclic) bond motifs is 1. The Balaban J connectivity index is 1.49. The summed E-state index contributed by atoms with van der Waals surface area (Å²) < 4.78 is 13.4. The van der Waals surface area contributed by atoms with Gasteiger partial charge in [0.1, 0.15) is 23.6 Å². The van der Waals surface area contributed by atoms with Crippen LogP contribution in [0.3, 0.4) is 0 Å². The third kappa shape index (κ3) is 4.38. The number of aliphatic hydroxyl groups excluding tert-OH is 1. The lowest BCUT2D eigenvalue weighted by atomic mass is 10.1. The van der Waals surface area contributed by atoms with E-state index < -0.39 is 0 Å². The third-order valence-electron chi connectivity index (χ3n) is 5.47. The van der Waals surface area contributed by atoms with E-state index in [-0.39, 0.29) is 6.61 Å². The number of hydrogen-bond acceptors (Lipinski definition) is 6. The first-order chi connectivity index (χ1) is 15.6. The number of aromatic nitrogens is 3. The van der Waals surface area contributed by atoms with Crippen LogP contribution in [0.5, 0.6) is 11.5 Å². The molecule has 0 aliphatic carbocycles. The Morgan fingerprint density at radius 1 is 1.06 bits per heavy atom. The zero-order valence-electron chi connectivity index (χ0n) is 18.6. The fourth-order valence-electron chi connectivity index (χ4n) is 3.91. The van der Waals surface area contributed by atoms with Gasteiger partial charge >= 0.3 is 0 Å². The van der Waals surface area contributed by atoms with E-state index in [0.29, 0.717) is 18.9 Å². The van der Waals surface area contributed by atoms with E-state index in [1.165, 1.54) is 5.69 Å². The number of nitrogens with one attached hydrogen (secondary N) is 1. The first kappa shape index (κ1) is 21.6. The molecule has 32 heavy (non-hydrogen) atoms. The molecule has 0 spiro atoms. The fourth-order valence-corrected chi connectivity index (χ4v) is 3.91. The first-order valence-corrected chi connectivity index (χ1v) is 10.7. The molecule has 0 amide bonds. The Hall–Kier alpha value is -3.58. The minimum absolute atomic E-state index is 0.0639. The molecule has 166 valence electrons. The SMILES string of the molecule is CCOc1cc(-c2cc(NCCn3c(C)cc4c(OC)cccc43)ncn2)ccc1CO. The molecule has 0 atom stereocenters. The van der Waals surface area contributed by atoms with Gasteiger partial charge in [-0.1, -0.05) is 18.2 Å². The van der Waals surface area contributed by atoms with E-state index in [0.717, 1.165) is 45.8 Å². The molecular weight excluding hydrogens is 404 g/mol. The number of rotatable bonds is 9. The lowest BCUT2D eigenvalue weighted by molar-refractivity contribution is 0.267. The van der Waals surface area contributed by atoms with E-state index in [4.69, 9.17) is 9.47 Å². The highest BCUT2D eigenvalue weighted by Gasteiger charge is 2.10. The predicted molar refractivity (Wildman–Crippen MR) is 126 cm³/mol. The standard InChI is InChI=1S/C25H28N4O3/c1-4-32-24-13-18(8-9-19(24)15-30)21-14-25(28-16-27-21)26-10-11-29-17(2)12-20-22(29)6-5-7-23(20)31-3/h5-9,12-14,16,30H,4,10-11,15H2,1-3H3,(H,26,27,28). The Bertz CT molecular complexity index is 1220. The lowest BCUT2D eigenvalue weighted by Crippen LogP contribution is -2.12. The highest BCUT2D eigenvalue weighted by molar-refractivity contribution is 5.87. The number of aliphatic hydroxyl groups is 1. The van der Waals surface area contributed by atoms with Crippen molar-refractivity contribution < 1.29 is 14.6 Å². The van der Waals surface area contributed by atoms with Crippen molar-refractivity contribution in [1.82, 2.24) is 14.5 Å². The van der Waals surface area contributed by atoms with Crippen molar-refractivity contribution in [3.8, 4) is 22.8 Å². The minimum Gasteiger partial charge on any atom is -0.496 e. The van der Waals surface area contributed by atoms with E-state index >= 15 is 0 Å². The van der Waals surface area contributed by atoms with Gasteiger partial charge in [-0.05, 0) is 38.1 Å². The Kier molecular flexibility index (Phi) is 6.56. The van der Waals surface area contributed by atoms with Gasteiger partial charge in [-0.3, -0.25) is 0 Å². The second kappa shape index (κ2) is 9.70. The van der Waals surface area contributed by atoms with Crippen LogP contribution in [-0.4, -0.2) is 39.9 Å². The molecule has 0 bridgehead atoms. The summed E-state index contributed by atoms with van der Waals surface area (Å²) in [5, 5.41) is 14.0. The molecule has 2 heterocycles. The number of hydrogen-bond donors (Lipinski definition) is 2. The van der Waals surface area contributed by atoms with Crippen LogP contribution in [0, 0.1) is 6.92 Å². The normalized spacial score (nSPS) is 11.0.